The molecule has 0 aromatic heterocycles. The van der Waals surface area contributed by atoms with E-state index in [4.69, 9.17) is 4.74 Å². The number of ether oxygens (including phenoxy) is 1. The summed E-state index contributed by atoms with van der Waals surface area (Å²) >= 11 is 0. The summed E-state index contributed by atoms with van der Waals surface area (Å²) in [5.74, 6) is 0.253. The Labute approximate surface area is 119 Å². The van der Waals surface area contributed by atoms with Crippen LogP contribution in [0.3, 0.4) is 0 Å². The second-order valence-corrected chi connectivity index (χ2v) is 4.93. The number of carbonyl (C=O) groups excluding carboxylic acids is 1. The molecule has 0 N–H and O–H groups in total. The number of aryl methyl sites for hydroxylation is 3. The highest BCUT2D eigenvalue weighted by Gasteiger charge is 2.04. The van der Waals surface area contributed by atoms with Crippen molar-refractivity contribution >= 4 is 12.0 Å². The van der Waals surface area contributed by atoms with Crippen LogP contribution in [0.1, 0.15) is 22.3 Å². The topological polar surface area (TPSA) is 26.3 Å². The molecule has 0 heterocycles. The van der Waals surface area contributed by atoms with E-state index in [9.17, 15) is 4.79 Å². The summed E-state index contributed by atoms with van der Waals surface area (Å²) in [6.45, 7) is 5.92. The lowest BCUT2D eigenvalue weighted by molar-refractivity contribution is -0.128. The van der Waals surface area contributed by atoms with Crippen LogP contribution in [0.5, 0.6) is 5.75 Å². The van der Waals surface area contributed by atoms with Crippen molar-refractivity contribution in [3.05, 3.63) is 70.8 Å². The van der Waals surface area contributed by atoms with Crippen LogP contribution in [0.25, 0.3) is 6.08 Å². The zero-order valence-electron chi connectivity index (χ0n) is 12.0. The van der Waals surface area contributed by atoms with Crippen molar-refractivity contribution < 1.29 is 9.53 Å². The van der Waals surface area contributed by atoms with Crippen molar-refractivity contribution in [2.24, 2.45) is 0 Å². The Hall–Kier alpha value is -2.35. The van der Waals surface area contributed by atoms with Crippen LogP contribution in [0.15, 0.2) is 48.5 Å². The van der Waals surface area contributed by atoms with Crippen molar-refractivity contribution in [2.75, 3.05) is 0 Å². The molecule has 0 aliphatic carbocycles. The molecule has 0 atom stereocenters. The molecule has 0 amide bonds. The second-order valence-electron chi connectivity index (χ2n) is 4.93. The summed E-state index contributed by atoms with van der Waals surface area (Å²) in [6, 6.07) is 13.8. The van der Waals surface area contributed by atoms with Gasteiger partial charge in [-0.1, -0.05) is 42.0 Å². The summed E-state index contributed by atoms with van der Waals surface area (Å²) in [7, 11) is 0. The minimum Gasteiger partial charge on any atom is -0.423 e. The van der Waals surface area contributed by atoms with Gasteiger partial charge in [0.25, 0.3) is 0 Å². The fraction of sp³-hybridized carbons (Fsp3) is 0.167. The maximum Gasteiger partial charge on any atom is 0.336 e. The van der Waals surface area contributed by atoms with Gasteiger partial charge >= 0.3 is 5.97 Å². The highest BCUT2D eigenvalue weighted by molar-refractivity contribution is 5.88. The van der Waals surface area contributed by atoms with E-state index in [1.165, 1.54) is 11.6 Å². The van der Waals surface area contributed by atoms with Crippen molar-refractivity contribution in [1.82, 2.24) is 0 Å². The normalized spacial score (nSPS) is 10.8. The molecule has 0 aliphatic heterocycles. The molecule has 0 fully saturated rings. The van der Waals surface area contributed by atoms with Gasteiger partial charge in [-0.05, 0) is 49.6 Å². The molecule has 2 aromatic rings. The van der Waals surface area contributed by atoms with Gasteiger partial charge < -0.3 is 4.74 Å². The Bertz CT molecular complexity index is 637. The van der Waals surface area contributed by atoms with Gasteiger partial charge in [-0.2, -0.15) is 0 Å². The molecule has 0 radical (unpaired) electrons. The Balaban J connectivity index is 2.05. The predicted octanol–water partition coefficient (Wildman–Crippen LogP) is 4.23. The first-order valence-corrected chi connectivity index (χ1v) is 6.58. The van der Waals surface area contributed by atoms with Crippen LogP contribution in [0, 0.1) is 20.8 Å². The van der Waals surface area contributed by atoms with E-state index in [-0.39, 0.29) is 5.97 Å². The summed E-state index contributed by atoms with van der Waals surface area (Å²) in [6.07, 6.45) is 3.21. The number of hydrogen-bond donors (Lipinski definition) is 0. The quantitative estimate of drug-likeness (QED) is 0.472. The Morgan fingerprint density at radius 3 is 2.30 bits per heavy atom. The molecule has 0 aliphatic rings. The smallest absolute Gasteiger partial charge is 0.336 e. The third-order valence-electron chi connectivity index (χ3n) is 3.04. The van der Waals surface area contributed by atoms with E-state index in [2.05, 4.69) is 0 Å². The van der Waals surface area contributed by atoms with Crippen molar-refractivity contribution in [2.45, 2.75) is 20.8 Å². The van der Waals surface area contributed by atoms with Gasteiger partial charge in [-0.3, -0.25) is 0 Å². The van der Waals surface area contributed by atoms with Crippen molar-refractivity contribution in [3.8, 4) is 5.75 Å². The maximum atomic E-state index is 11.8. The lowest BCUT2D eigenvalue weighted by Gasteiger charge is -2.06. The zero-order valence-corrected chi connectivity index (χ0v) is 12.0. The van der Waals surface area contributed by atoms with E-state index in [0.717, 1.165) is 16.7 Å². The average molecular weight is 266 g/mol. The van der Waals surface area contributed by atoms with E-state index in [0.29, 0.717) is 5.75 Å². The summed E-state index contributed by atoms with van der Waals surface area (Å²) in [5.41, 5.74) is 4.20. The summed E-state index contributed by atoms with van der Waals surface area (Å²) in [4.78, 5) is 11.8. The van der Waals surface area contributed by atoms with Crippen LogP contribution in [-0.4, -0.2) is 5.97 Å². The highest BCUT2D eigenvalue weighted by Crippen LogP contribution is 2.19. The highest BCUT2D eigenvalue weighted by atomic mass is 16.5. The lowest BCUT2D eigenvalue weighted by Crippen LogP contribution is -2.05. The number of carbonyl (C=O) groups is 1. The van der Waals surface area contributed by atoms with Crippen LogP contribution >= 0.6 is 0 Å². The van der Waals surface area contributed by atoms with Gasteiger partial charge in [-0.25, -0.2) is 4.79 Å². The van der Waals surface area contributed by atoms with Crippen LogP contribution < -0.4 is 4.74 Å². The number of benzene rings is 2. The van der Waals surface area contributed by atoms with Gasteiger partial charge in [0.2, 0.25) is 0 Å². The predicted molar refractivity (Wildman–Crippen MR) is 81.8 cm³/mol. The van der Waals surface area contributed by atoms with Gasteiger partial charge in [0.1, 0.15) is 5.75 Å². The van der Waals surface area contributed by atoms with Gasteiger partial charge in [-0.15, -0.1) is 0 Å². The Morgan fingerprint density at radius 2 is 1.60 bits per heavy atom. The summed E-state index contributed by atoms with van der Waals surface area (Å²) < 4.78 is 5.35. The second kappa shape index (κ2) is 6.20. The Morgan fingerprint density at radius 1 is 0.950 bits per heavy atom. The van der Waals surface area contributed by atoms with Crippen LogP contribution in [0.2, 0.25) is 0 Å². The number of esters is 1. The molecule has 0 saturated heterocycles. The largest absolute Gasteiger partial charge is 0.423 e. The Kier molecular flexibility index (Phi) is 4.36. The molecule has 0 spiro atoms. The van der Waals surface area contributed by atoms with Gasteiger partial charge in [0.15, 0.2) is 0 Å². The zero-order chi connectivity index (χ0) is 14.5. The van der Waals surface area contributed by atoms with Gasteiger partial charge in [0.05, 0.1) is 0 Å². The fourth-order valence-electron chi connectivity index (χ4n) is 1.80. The van der Waals surface area contributed by atoms with Gasteiger partial charge in [0, 0.05) is 6.08 Å². The molecule has 2 rings (SSSR count). The minimum absolute atomic E-state index is 0.362. The first-order valence-electron chi connectivity index (χ1n) is 6.58. The third kappa shape index (κ3) is 3.82. The van der Waals surface area contributed by atoms with E-state index in [1.54, 1.807) is 6.08 Å². The maximum absolute atomic E-state index is 11.8. The van der Waals surface area contributed by atoms with E-state index in [1.807, 2.05) is 63.2 Å². The third-order valence-corrected chi connectivity index (χ3v) is 3.04. The number of rotatable bonds is 3. The molecule has 0 bridgehead atoms. The molecule has 0 saturated carbocycles. The molecular weight excluding hydrogens is 248 g/mol. The van der Waals surface area contributed by atoms with Crippen molar-refractivity contribution in [1.29, 1.82) is 0 Å². The molecule has 20 heavy (non-hydrogen) atoms. The molecular formula is C18H18O2. The first-order chi connectivity index (χ1) is 9.54. The lowest BCUT2D eigenvalue weighted by atomic mass is 10.1. The SMILES string of the molecule is Cc1ccc(/C=C/C(=O)Oc2cc(C)ccc2C)cc1. The van der Waals surface area contributed by atoms with Crippen molar-refractivity contribution in [3.63, 3.8) is 0 Å². The van der Waals surface area contributed by atoms with E-state index >= 15 is 0 Å². The first kappa shape index (κ1) is 14.1. The fourth-order valence-corrected chi connectivity index (χ4v) is 1.80. The molecule has 0 unspecified atom stereocenters. The molecule has 102 valence electrons. The average Bonchev–Trinajstić information content (AvgIpc) is 2.42. The molecule has 2 heteroatoms. The molecule has 2 nitrogen and oxygen atoms in total. The van der Waals surface area contributed by atoms with Crippen LogP contribution in [0.4, 0.5) is 0 Å². The minimum atomic E-state index is -0.362. The van der Waals surface area contributed by atoms with Crippen LogP contribution in [-0.2, 0) is 4.79 Å². The monoisotopic (exact) mass is 266 g/mol. The number of hydrogen-bond acceptors (Lipinski definition) is 2. The standard InChI is InChI=1S/C18H18O2/c1-13-5-8-16(9-6-13)10-11-18(19)20-17-12-14(2)4-7-15(17)3/h4-12H,1-3H3/b11-10+. The molecule has 2 aromatic carbocycles. The summed E-state index contributed by atoms with van der Waals surface area (Å²) in [5, 5.41) is 0. The van der Waals surface area contributed by atoms with E-state index < -0.39 is 0 Å².